The van der Waals surface area contributed by atoms with Crippen molar-refractivity contribution in [2.45, 2.75) is 37.6 Å². The van der Waals surface area contributed by atoms with E-state index in [-0.39, 0.29) is 46.8 Å². The van der Waals surface area contributed by atoms with Crippen LogP contribution in [0.1, 0.15) is 25.3 Å². The van der Waals surface area contributed by atoms with Gasteiger partial charge in [0.1, 0.15) is 0 Å². The second-order valence-corrected chi connectivity index (χ2v) is 9.45. The van der Waals surface area contributed by atoms with Crippen LogP contribution in [0.2, 0.25) is 0 Å². The number of piperidine rings is 1. The average Bonchev–Trinajstić information content (AvgIpc) is 2.93. The molecule has 2 aliphatic heterocycles. The topological polar surface area (TPSA) is 104 Å². The number of imide groups is 1. The van der Waals surface area contributed by atoms with Gasteiger partial charge in [-0.05, 0) is 43.5 Å². The van der Waals surface area contributed by atoms with E-state index < -0.39 is 10.0 Å². The normalized spacial score (nSPS) is 19.6. The van der Waals surface area contributed by atoms with E-state index in [0.717, 1.165) is 11.8 Å². The summed E-state index contributed by atoms with van der Waals surface area (Å²) in [6.07, 6.45) is 0.862. The van der Waals surface area contributed by atoms with E-state index >= 15 is 0 Å². The first-order valence-electron chi connectivity index (χ1n) is 8.57. The van der Waals surface area contributed by atoms with Crippen LogP contribution in [0.3, 0.4) is 0 Å². The Hall–Kier alpha value is -1.91. The summed E-state index contributed by atoms with van der Waals surface area (Å²) in [7, 11) is -3.68. The highest BCUT2D eigenvalue weighted by Gasteiger charge is 2.39. The SMILES string of the molecule is CC(=O)Nc1ccc(S(=O)(=O)N2CCC(N3C(=O)CSC3=O)CC2)c(C)c1. The van der Waals surface area contributed by atoms with Gasteiger partial charge < -0.3 is 5.32 Å². The van der Waals surface area contributed by atoms with Crippen LogP contribution in [-0.4, -0.2) is 59.6 Å². The lowest BCUT2D eigenvalue weighted by molar-refractivity contribution is -0.126. The second kappa shape index (κ2) is 7.61. The summed E-state index contributed by atoms with van der Waals surface area (Å²) in [5, 5.41) is 2.39. The Labute approximate surface area is 162 Å². The van der Waals surface area contributed by atoms with E-state index in [4.69, 9.17) is 0 Å². The van der Waals surface area contributed by atoms with E-state index in [1.807, 2.05) is 0 Å². The average molecular weight is 412 g/mol. The van der Waals surface area contributed by atoms with Gasteiger partial charge >= 0.3 is 0 Å². The minimum absolute atomic E-state index is 0.164. The summed E-state index contributed by atoms with van der Waals surface area (Å²) in [6, 6.07) is 4.44. The van der Waals surface area contributed by atoms with Crippen LogP contribution in [0.5, 0.6) is 0 Å². The number of carbonyl (C=O) groups is 3. The molecule has 0 bridgehead atoms. The lowest BCUT2D eigenvalue weighted by Gasteiger charge is -2.34. The second-order valence-electron chi connectivity index (χ2n) is 6.62. The van der Waals surface area contributed by atoms with E-state index in [2.05, 4.69) is 5.32 Å². The molecule has 1 N–H and O–H groups in total. The van der Waals surface area contributed by atoms with Gasteiger partial charge in [-0.3, -0.25) is 19.3 Å². The Balaban J connectivity index is 1.72. The largest absolute Gasteiger partial charge is 0.326 e. The fraction of sp³-hybridized carbons (Fsp3) is 0.471. The van der Waals surface area contributed by atoms with E-state index in [9.17, 15) is 22.8 Å². The number of amides is 3. The van der Waals surface area contributed by atoms with Crippen LogP contribution in [-0.2, 0) is 19.6 Å². The summed E-state index contributed by atoms with van der Waals surface area (Å²) in [5.41, 5.74) is 1.09. The minimum Gasteiger partial charge on any atom is -0.326 e. The van der Waals surface area contributed by atoms with Gasteiger partial charge in [-0.25, -0.2) is 8.42 Å². The number of rotatable bonds is 4. The molecule has 0 spiro atoms. The fourth-order valence-electron chi connectivity index (χ4n) is 3.42. The van der Waals surface area contributed by atoms with Crippen LogP contribution in [0.4, 0.5) is 10.5 Å². The minimum atomic E-state index is -3.68. The molecule has 3 rings (SSSR count). The van der Waals surface area contributed by atoms with Gasteiger partial charge in [-0.1, -0.05) is 11.8 Å². The summed E-state index contributed by atoms with van der Waals surface area (Å²) < 4.78 is 27.4. The summed E-state index contributed by atoms with van der Waals surface area (Å²) >= 11 is 0.993. The highest BCUT2D eigenvalue weighted by molar-refractivity contribution is 8.14. The molecule has 0 saturated carbocycles. The molecule has 0 atom stereocenters. The van der Waals surface area contributed by atoms with Gasteiger partial charge in [0, 0.05) is 31.7 Å². The first kappa shape index (κ1) is 19.8. The molecule has 2 fully saturated rings. The van der Waals surface area contributed by atoms with Crippen molar-refractivity contribution in [2.24, 2.45) is 0 Å². The predicted molar refractivity (Wildman–Crippen MR) is 102 cm³/mol. The van der Waals surface area contributed by atoms with Crippen LogP contribution in [0, 0.1) is 6.92 Å². The van der Waals surface area contributed by atoms with E-state index in [1.54, 1.807) is 19.1 Å². The molecular formula is C17H21N3O5S2. The number of anilines is 1. The van der Waals surface area contributed by atoms with Gasteiger partial charge in [-0.2, -0.15) is 4.31 Å². The van der Waals surface area contributed by atoms with Crippen LogP contribution >= 0.6 is 11.8 Å². The van der Waals surface area contributed by atoms with Gasteiger partial charge in [0.2, 0.25) is 21.8 Å². The maximum atomic E-state index is 13.0. The Bertz CT molecular complexity index is 876. The first-order valence-corrected chi connectivity index (χ1v) is 11.0. The molecule has 0 unspecified atom stereocenters. The van der Waals surface area contributed by atoms with E-state index in [1.165, 1.54) is 22.2 Å². The maximum Gasteiger partial charge on any atom is 0.289 e. The number of benzene rings is 1. The number of thioether (sulfide) groups is 1. The third-order valence-corrected chi connectivity index (χ3v) is 7.58. The quantitative estimate of drug-likeness (QED) is 0.810. The van der Waals surface area contributed by atoms with Crippen molar-refractivity contribution in [2.75, 3.05) is 24.2 Å². The molecule has 3 amide bonds. The first-order chi connectivity index (χ1) is 12.7. The monoisotopic (exact) mass is 411 g/mol. The Morgan fingerprint density at radius 1 is 1.22 bits per heavy atom. The van der Waals surface area contributed by atoms with Crippen molar-refractivity contribution in [3.8, 4) is 0 Å². The van der Waals surface area contributed by atoms with Crippen molar-refractivity contribution in [3.63, 3.8) is 0 Å². The number of nitrogens with zero attached hydrogens (tertiary/aromatic N) is 2. The number of hydrogen-bond donors (Lipinski definition) is 1. The lowest BCUT2D eigenvalue weighted by atomic mass is 10.1. The molecular weight excluding hydrogens is 390 g/mol. The van der Waals surface area contributed by atoms with Crippen molar-refractivity contribution in [3.05, 3.63) is 23.8 Å². The third kappa shape index (κ3) is 4.02. The van der Waals surface area contributed by atoms with Gasteiger partial charge in [0.15, 0.2) is 0 Å². The summed E-state index contributed by atoms with van der Waals surface area (Å²) in [6.45, 7) is 3.57. The van der Waals surface area contributed by atoms with Crippen molar-refractivity contribution < 1.29 is 22.8 Å². The molecule has 0 aliphatic carbocycles. The highest BCUT2D eigenvalue weighted by Crippen LogP contribution is 2.30. The number of aryl methyl sites for hydroxylation is 1. The zero-order valence-corrected chi connectivity index (χ0v) is 16.7. The highest BCUT2D eigenvalue weighted by atomic mass is 32.2. The standard InChI is InChI=1S/C17H21N3O5S2/c1-11-9-13(18-12(2)21)3-4-15(11)27(24,25)19-7-5-14(6-8-19)20-16(22)10-26-17(20)23/h3-4,9,14H,5-8,10H2,1-2H3,(H,18,21). The molecule has 2 aliphatic rings. The van der Waals surface area contributed by atoms with Crippen molar-refractivity contribution in [1.29, 1.82) is 0 Å². The molecule has 1 aromatic carbocycles. The lowest BCUT2D eigenvalue weighted by Crippen LogP contribution is -2.48. The van der Waals surface area contributed by atoms with Crippen LogP contribution in [0.15, 0.2) is 23.1 Å². The smallest absolute Gasteiger partial charge is 0.289 e. The third-order valence-electron chi connectivity index (χ3n) is 4.69. The summed E-state index contributed by atoms with van der Waals surface area (Å²) in [4.78, 5) is 36.3. The molecule has 27 heavy (non-hydrogen) atoms. The molecule has 146 valence electrons. The number of carbonyl (C=O) groups excluding carboxylic acids is 3. The number of hydrogen-bond acceptors (Lipinski definition) is 6. The van der Waals surface area contributed by atoms with Crippen molar-refractivity contribution in [1.82, 2.24) is 9.21 Å². The molecule has 2 saturated heterocycles. The van der Waals surface area contributed by atoms with Gasteiger partial charge in [0.05, 0.1) is 10.6 Å². The molecule has 0 aromatic heterocycles. The van der Waals surface area contributed by atoms with E-state index in [0.29, 0.717) is 24.1 Å². The Morgan fingerprint density at radius 3 is 2.41 bits per heavy atom. The molecule has 8 nitrogen and oxygen atoms in total. The molecule has 2 heterocycles. The number of nitrogens with one attached hydrogen (secondary N) is 1. The van der Waals surface area contributed by atoms with Crippen molar-refractivity contribution >= 4 is 44.5 Å². The molecule has 0 radical (unpaired) electrons. The van der Waals surface area contributed by atoms with Gasteiger partial charge in [-0.15, -0.1) is 0 Å². The predicted octanol–water partition coefficient (Wildman–Crippen LogP) is 1.80. The van der Waals surface area contributed by atoms with Crippen LogP contribution < -0.4 is 5.32 Å². The Kier molecular flexibility index (Phi) is 5.59. The molecule has 1 aromatic rings. The fourth-order valence-corrected chi connectivity index (χ4v) is 5.87. The summed E-state index contributed by atoms with van der Waals surface area (Å²) in [5.74, 6) is -0.260. The number of sulfonamides is 1. The maximum absolute atomic E-state index is 13.0. The zero-order chi connectivity index (χ0) is 19.8. The Morgan fingerprint density at radius 2 is 1.89 bits per heavy atom. The van der Waals surface area contributed by atoms with Gasteiger partial charge in [0.25, 0.3) is 5.24 Å². The molecule has 10 heteroatoms. The zero-order valence-electron chi connectivity index (χ0n) is 15.1. The van der Waals surface area contributed by atoms with Crippen LogP contribution in [0.25, 0.3) is 0 Å².